The van der Waals surface area contributed by atoms with Gasteiger partial charge in [0.15, 0.2) is 0 Å². The Balaban J connectivity index is 2.35. The van der Waals surface area contributed by atoms with Gasteiger partial charge in [-0.05, 0) is 35.3 Å². The average molecular weight is 296 g/mol. The zero-order chi connectivity index (χ0) is 13.8. The number of hydrogen-bond acceptors (Lipinski definition) is 6. The van der Waals surface area contributed by atoms with Gasteiger partial charge in [-0.3, -0.25) is 0 Å². The fourth-order valence-corrected chi connectivity index (χ4v) is 1.73. The number of hydrogen-bond donors (Lipinski definition) is 1. The maximum atomic E-state index is 8.82. The molecule has 0 atom stereocenters. The van der Waals surface area contributed by atoms with E-state index in [1.54, 1.807) is 18.2 Å². The van der Waals surface area contributed by atoms with Crippen LogP contribution in [0.4, 0.5) is 11.6 Å². The summed E-state index contributed by atoms with van der Waals surface area (Å²) in [4.78, 5) is 11.4. The van der Waals surface area contributed by atoms with Gasteiger partial charge in [0.1, 0.15) is 5.75 Å². The third kappa shape index (κ3) is 3.22. The third-order valence-electron chi connectivity index (χ3n) is 2.16. The molecule has 0 unspecified atom stereocenters. The van der Waals surface area contributed by atoms with Crippen LogP contribution in [0.5, 0.6) is 5.75 Å². The van der Waals surface area contributed by atoms with Gasteiger partial charge in [-0.2, -0.15) is 20.2 Å². The van der Waals surface area contributed by atoms with Crippen LogP contribution in [0, 0.1) is 11.3 Å². The molecule has 0 saturated carbocycles. The van der Waals surface area contributed by atoms with Crippen molar-refractivity contribution in [2.75, 3.05) is 12.4 Å². The van der Waals surface area contributed by atoms with Gasteiger partial charge in [-0.25, -0.2) is 0 Å². The number of anilines is 2. The summed E-state index contributed by atoms with van der Waals surface area (Å²) in [6.07, 6.45) is 0. The summed E-state index contributed by atoms with van der Waals surface area (Å²) in [7, 11) is 1.50. The van der Waals surface area contributed by atoms with Crippen LogP contribution in [0.25, 0.3) is 0 Å². The highest BCUT2D eigenvalue weighted by Gasteiger charge is 2.08. The second-order valence-corrected chi connectivity index (χ2v) is 4.03. The second kappa shape index (κ2) is 5.69. The fraction of sp³-hybridized carbons (Fsp3) is 0.0909. The molecule has 1 heterocycles. The van der Waals surface area contributed by atoms with Crippen LogP contribution in [0.1, 0.15) is 5.56 Å². The van der Waals surface area contributed by atoms with Crippen molar-refractivity contribution in [2.24, 2.45) is 0 Å². The van der Waals surface area contributed by atoms with Crippen LogP contribution in [0.2, 0.25) is 10.6 Å². The first-order chi connectivity index (χ1) is 9.12. The minimum atomic E-state index is -0.0184. The molecule has 2 rings (SSSR count). The maximum Gasteiger partial charge on any atom is 0.232 e. The van der Waals surface area contributed by atoms with Gasteiger partial charge >= 0.3 is 0 Å². The molecule has 8 heteroatoms. The molecule has 0 amide bonds. The molecular formula is C11H7Cl2N5O. The van der Waals surface area contributed by atoms with Crippen molar-refractivity contribution in [1.29, 1.82) is 5.26 Å². The third-order valence-corrected chi connectivity index (χ3v) is 2.50. The molecule has 96 valence electrons. The topological polar surface area (TPSA) is 83.7 Å². The van der Waals surface area contributed by atoms with Crippen molar-refractivity contribution >= 4 is 34.8 Å². The first kappa shape index (κ1) is 13.3. The van der Waals surface area contributed by atoms with Crippen LogP contribution in [-0.2, 0) is 0 Å². The summed E-state index contributed by atoms with van der Waals surface area (Å²) in [5, 5.41) is 11.7. The highest BCUT2D eigenvalue weighted by Crippen LogP contribution is 2.27. The summed E-state index contributed by atoms with van der Waals surface area (Å²) in [5.74, 6) is 0.666. The SMILES string of the molecule is COc1cc(C#N)ccc1Nc1nc(Cl)nc(Cl)n1. The minimum absolute atomic E-state index is 0.0184. The monoisotopic (exact) mass is 295 g/mol. The van der Waals surface area contributed by atoms with Gasteiger partial charge in [0, 0.05) is 6.07 Å². The van der Waals surface area contributed by atoms with Crippen molar-refractivity contribution in [2.45, 2.75) is 0 Å². The Hall–Kier alpha value is -2.10. The largest absolute Gasteiger partial charge is 0.495 e. The van der Waals surface area contributed by atoms with E-state index in [9.17, 15) is 0 Å². The molecule has 0 bridgehead atoms. The smallest absolute Gasteiger partial charge is 0.232 e. The predicted molar refractivity (Wildman–Crippen MR) is 70.8 cm³/mol. The van der Waals surface area contributed by atoms with Gasteiger partial charge in [-0.1, -0.05) is 0 Å². The summed E-state index contributed by atoms with van der Waals surface area (Å²) >= 11 is 11.4. The van der Waals surface area contributed by atoms with E-state index in [2.05, 4.69) is 20.3 Å². The number of nitriles is 1. The molecule has 0 fully saturated rings. The molecule has 1 N–H and O–H groups in total. The number of methoxy groups -OCH3 is 1. The van der Waals surface area contributed by atoms with E-state index >= 15 is 0 Å². The maximum absolute atomic E-state index is 8.82. The second-order valence-electron chi connectivity index (χ2n) is 3.35. The fourth-order valence-electron chi connectivity index (χ4n) is 1.37. The van der Waals surface area contributed by atoms with Gasteiger partial charge in [0.25, 0.3) is 0 Å². The first-order valence-corrected chi connectivity index (χ1v) is 5.80. The zero-order valence-electron chi connectivity index (χ0n) is 9.69. The van der Waals surface area contributed by atoms with Crippen molar-refractivity contribution < 1.29 is 4.74 Å². The Morgan fingerprint density at radius 1 is 1.21 bits per heavy atom. The zero-order valence-corrected chi connectivity index (χ0v) is 11.2. The molecule has 0 aliphatic heterocycles. The van der Waals surface area contributed by atoms with Crippen LogP contribution in [0.15, 0.2) is 18.2 Å². The molecule has 6 nitrogen and oxygen atoms in total. The molecule has 2 aromatic rings. The summed E-state index contributed by atoms with van der Waals surface area (Å²) < 4.78 is 5.17. The molecule has 0 aliphatic rings. The summed E-state index contributed by atoms with van der Waals surface area (Å²) in [6.45, 7) is 0. The lowest BCUT2D eigenvalue weighted by atomic mass is 10.2. The molecular weight excluding hydrogens is 289 g/mol. The minimum Gasteiger partial charge on any atom is -0.495 e. The van der Waals surface area contributed by atoms with Gasteiger partial charge < -0.3 is 10.1 Å². The molecule has 1 aromatic carbocycles. The number of halogens is 2. The van der Waals surface area contributed by atoms with Gasteiger partial charge in [-0.15, -0.1) is 0 Å². The quantitative estimate of drug-likeness (QED) is 0.937. The average Bonchev–Trinajstić information content (AvgIpc) is 2.38. The Labute approximate surface area is 119 Å². The number of benzene rings is 1. The van der Waals surface area contributed by atoms with E-state index in [1.807, 2.05) is 6.07 Å². The van der Waals surface area contributed by atoms with Crippen molar-refractivity contribution in [1.82, 2.24) is 15.0 Å². The summed E-state index contributed by atoms with van der Waals surface area (Å²) in [5.41, 5.74) is 1.06. The molecule has 0 spiro atoms. The Morgan fingerprint density at radius 2 is 1.89 bits per heavy atom. The molecule has 0 aliphatic carbocycles. The Bertz CT molecular complexity index is 636. The van der Waals surface area contributed by atoms with Gasteiger partial charge in [0.2, 0.25) is 16.5 Å². The number of rotatable bonds is 3. The highest BCUT2D eigenvalue weighted by atomic mass is 35.5. The van der Waals surface area contributed by atoms with Crippen LogP contribution >= 0.6 is 23.2 Å². The van der Waals surface area contributed by atoms with Crippen LogP contribution in [-0.4, -0.2) is 22.1 Å². The molecule has 0 radical (unpaired) electrons. The number of nitrogens with one attached hydrogen (secondary N) is 1. The van der Waals surface area contributed by atoms with Crippen molar-refractivity contribution in [3.63, 3.8) is 0 Å². The van der Waals surface area contributed by atoms with E-state index in [0.29, 0.717) is 17.0 Å². The number of aromatic nitrogens is 3. The van der Waals surface area contributed by atoms with Crippen LogP contribution < -0.4 is 10.1 Å². The van der Waals surface area contributed by atoms with E-state index in [4.69, 9.17) is 33.2 Å². The lowest BCUT2D eigenvalue weighted by Gasteiger charge is -2.10. The first-order valence-electron chi connectivity index (χ1n) is 5.04. The normalized spacial score (nSPS) is 9.79. The number of nitrogens with zero attached hydrogens (tertiary/aromatic N) is 4. The van der Waals surface area contributed by atoms with Crippen LogP contribution in [0.3, 0.4) is 0 Å². The molecule has 19 heavy (non-hydrogen) atoms. The molecule has 1 aromatic heterocycles. The summed E-state index contributed by atoms with van der Waals surface area (Å²) in [6, 6.07) is 6.91. The number of ether oxygens (including phenoxy) is 1. The molecule has 0 saturated heterocycles. The van der Waals surface area contributed by atoms with E-state index < -0.39 is 0 Å². The van der Waals surface area contributed by atoms with Crippen molar-refractivity contribution in [3.05, 3.63) is 34.3 Å². The lowest BCUT2D eigenvalue weighted by Crippen LogP contribution is -2.01. The van der Waals surface area contributed by atoms with E-state index in [0.717, 1.165) is 0 Å². The standard InChI is InChI=1S/C11H7Cl2N5O/c1-19-8-4-6(5-14)2-3-7(8)15-11-17-9(12)16-10(13)18-11/h2-4H,1H3,(H,15,16,17,18). The Morgan fingerprint density at radius 3 is 2.47 bits per heavy atom. The predicted octanol–water partition coefficient (Wildman–Crippen LogP) is 2.80. The lowest BCUT2D eigenvalue weighted by molar-refractivity contribution is 0.416. The highest BCUT2D eigenvalue weighted by molar-refractivity contribution is 6.31. The van der Waals surface area contributed by atoms with Gasteiger partial charge in [0.05, 0.1) is 24.4 Å². The Kier molecular flexibility index (Phi) is 4.00. The van der Waals surface area contributed by atoms with E-state index in [-0.39, 0.29) is 16.5 Å². The van der Waals surface area contributed by atoms with Crippen molar-refractivity contribution in [3.8, 4) is 11.8 Å². The van der Waals surface area contributed by atoms with E-state index in [1.165, 1.54) is 7.11 Å².